The second kappa shape index (κ2) is 10.2. The molecule has 1 fully saturated rings. The molecule has 0 aliphatic carbocycles. The van der Waals surface area contributed by atoms with Gasteiger partial charge in [0.1, 0.15) is 5.75 Å². The lowest BCUT2D eigenvalue weighted by Gasteiger charge is -2.22. The maximum absolute atomic E-state index is 5.24. The van der Waals surface area contributed by atoms with Crippen LogP contribution in [0.5, 0.6) is 5.75 Å². The number of unbranched alkanes of at least 4 members (excludes halogenated alkanes) is 2. The normalized spacial score (nSPS) is 18.0. The first-order chi connectivity index (χ1) is 11.8. The summed E-state index contributed by atoms with van der Waals surface area (Å²) >= 11 is 0. The molecule has 134 valence electrons. The molecule has 1 N–H and O–H groups in total. The van der Waals surface area contributed by atoms with Crippen LogP contribution in [0, 0.1) is 0 Å². The Labute approximate surface area is 146 Å². The van der Waals surface area contributed by atoms with Crippen molar-refractivity contribution in [3.05, 3.63) is 29.8 Å². The third-order valence-corrected chi connectivity index (χ3v) is 4.60. The summed E-state index contributed by atoms with van der Waals surface area (Å²) in [6, 6.07) is 8.45. The molecule has 0 aromatic heterocycles. The Hall–Kier alpha value is -1.75. The number of ether oxygens (including phenoxy) is 2. The van der Waals surface area contributed by atoms with Gasteiger partial charge in [-0.1, -0.05) is 12.1 Å². The van der Waals surface area contributed by atoms with Crippen LogP contribution in [0.1, 0.15) is 37.2 Å². The van der Waals surface area contributed by atoms with Crippen molar-refractivity contribution in [2.24, 2.45) is 4.99 Å². The number of hydrogen-bond acceptors (Lipinski definition) is 3. The Morgan fingerprint density at radius 1 is 1.21 bits per heavy atom. The van der Waals surface area contributed by atoms with Crippen molar-refractivity contribution in [3.8, 4) is 5.75 Å². The minimum absolute atomic E-state index is 0.566. The van der Waals surface area contributed by atoms with Gasteiger partial charge in [-0.25, -0.2) is 0 Å². The molecule has 0 saturated carbocycles. The molecule has 1 atom stereocenters. The Bertz CT molecular complexity index is 502. The van der Waals surface area contributed by atoms with Crippen LogP contribution in [0.25, 0.3) is 0 Å². The highest BCUT2D eigenvalue weighted by atomic mass is 16.5. The molecule has 1 aliphatic heterocycles. The predicted molar refractivity (Wildman–Crippen MR) is 99.0 cm³/mol. The zero-order chi connectivity index (χ0) is 17.2. The number of rotatable bonds is 8. The Kier molecular flexibility index (Phi) is 7.89. The zero-order valence-corrected chi connectivity index (χ0v) is 15.3. The summed E-state index contributed by atoms with van der Waals surface area (Å²) in [6.07, 6.45) is 4.63. The molecule has 1 heterocycles. The third kappa shape index (κ3) is 5.41. The van der Waals surface area contributed by atoms with Crippen molar-refractivity contribution < 1.29 is 9.47 Å². The van der Waals surface area contributed by atoms with Crippen molar-refractivity contribution in [2.75, 3.05) is 47.5 Å². The van der Waals surface area contributed by atoms with Crippen LogP contribution < -0.4 is 10.1 Å². The van der Waals surface area contributed by atoms with Crippen LogP contribution in [-0.4, -0.2) is 58.4 Å². The SMILES string of the molecule is CN=C(NCCCCCOC)N1CCC(c2ccc(OC)cc2)C1. The Morgan fingerprint density at radius 2 is 2.00 bits per heavy atom. The third-order valence-electron chi connectivity index (χ3n) is 4.60. The Morgan fingerprint density at radius 3 is 2.67 bits per heavy atom. The molecule has 24 heavy (non-hydrogen) atoms. The van der Waals surface area contributed by atoms with E-state index in [0.29, 0.717) is 5.92 Å². The fourth-order valence-corrected chi connectivity index (χ4v) is 3.18. The standard InChI is InChI=1S/C19H31N3O2/c1-20-19(21-12-5-4-6-14-23-2)22-13-11-17(15-22)16-7-9-18(24-3)10-8-16/h7-10,17H,4-6,11-15H2,1-3H3,(H,20,21). The molecule has 0 radical (unpaired) electrons. The lowest BCUT2D eigenvalue weighted by Crippen LogP contribution is -2.40. The van der Waals surface area contributed by atoms with E-state index in [9.17, 15) is 0 Å². The second-order valence-electron chi connectivity index (χ2n) is 6.23. The molecule has 1 aromatic carbocycles. The van der Waals surface area contributed by atoms with Crippen LogP contribution in [0.4, 0.5) is 0 Å². The average molecular weight is 333 g/mol. The molecule has 1 unspecified atom stereocenters. The van der Waals surface area contributed by atoms with Crippen LogP contribution in [0.3, 0.4) is 0 Å². The van der Waals surface area contributed by atoms with E-state index in [1.54, 1.807) is 14.2 Å². The van der Waals surface area contributed by atoms with Crippen LogP contribution in [-0.2, 0) is 4.74 Å². The van der Waals surface area contributed by atoms with Gasteiger partial charge in [0.25, 0.3) is 0 Å². The van der Waals surface area contributed by atoms with Gasteiger partial charge in [0.2, 0.25) is 0 Å². The van der Waals surface area contributed by atoms with E-state index in [1.807, 2.05) is 19.2 Å². The molecule has 1 aromatic rings. The maximum Gasteiger partial charge on any atom is 0.193 e. The highest BCUT2D eigenvalue weighted by Crippen LogP contribution is 2.28. The van der Waals surface area contributed by atoms with E-state index in [-0.39, 0.29) is 0 Å². The molecule has 5 nitrogen and oxygen atoms in total. The largest absolute Gasteiger partial charge is 0.497 e. The van der Waals surface area contributed by atoms with Gasteiger partial charge in [-0.3, -0.25) is 4.99 Å². The molecule has 0 bridgehead atoms. The van der Waals surface area contributed by atoms with Gasteiger partial charge >= 0.3 is 0 Å². The van der Waals surface area contributed by atoms with Gasteiger partial charge in [0.05, 0.1) is 7.11 Å². The lowest BCUT2D eigenvalue weighted by atomic mass is 9.98. The number of nitrogens with one attached hydrogen (secondary N) is 1. The molecule has 0 amide bonds. The molecule has 5 heteroatoms. The van der Waals surface area contributed by atoms with Crippen LogP contribution >= 0.6 is 0 Å². The van der Waals surface area contributed by atoms with E-state index in [2.05, 4.69) is 27.3 Å². The fraction of sp³-hybridized carbons (Fsp3) is 0.632. The van der Waals surface area contributed by atoms with Crippen molar-refractivity contribution in [1.82, 2.24) is 10.2 Å². The number of likely N-dealkylation sites (tertiary alicyclic amines) is 1. The summed E-state index contributed by atoms with van der Waals surface area (Å²) in [5, 5.41) is 3.49. The minimum Gasteiger partial charge on any atom is -0.497 e. The summed E-state index contributed by atoms with van der Waals surface area (Å²) in [6.45, 7) is 3.90. The fourth-order valence-electron chi connectivity index (χ4n) is 3.18. The smallest absolute Gasteiger partial charge is 0.193 e. The topological polar surface area (TPSA) is 46.1 Å². The summed E-state index contributed by atoms with van der Waals surface area (Å²) in [4.78, 5) is 6.81. The molecule has 0 spiro atoms. The van der Waals surface area contributed by atoms with Crippen molar-refractivity contribution in [1.29, 1.82) is 0 Å². The van der Waals surface area contributed by atoms with Crippen LogP contribution in [0.2, 0.25) is 0 Å². The lowest BCUT2D eigenvalue weighted by molar-refractivity contribution is 0.192. The van der Waals surface area contributed by atoms with Crippen molar-refractivity contribution in [3.63, 3.8) is 0 Å². The van der Waals surface area contributed by atoms with E-state index < -0.39 is 0 Å². The molecular weight excluding hydrogens is 302 g/mol. The van der Waals surface area contributed by atoms with Gasteiger partial charge in [0.15, 0.2) is 5.96 Å². The number of benzene rings is 1. The predicted octanol–water partition coefficient (Wildman–Crippen LogP) is 2.88. The first kappa shape index (κ1) is 18.6. The first-order valence-electron chi connectivity index (χ1n) is 8.87. The number of nitrogens with zero attached hydrogens (tertiary/aromatic N) is 2. The molecule has 1 aliphatic rings. The van der Waals surface area contributed by atoms with Gasteiger partial charge in [-0.05, 0) is 43.4 Å². The number of methoxy groups -OCH3 is 2. The molecular formula is C19H31N3O2. The molecule has 2 rings (SSSR count). The van der Waals surface area contributed by atoms with Gasteiger partial charge in [0, 0.05) is 46.3 Å². The Balaban J connectivity index is 1.77. The number of guanidine groups is 1. The molecule has 1 saturated heterocycles. The maximum atomic E-state index is 5.24. The highest BCUT2D eigenvalue weighted by molar-refractivity contribution is 5.80. The van der Waals surface area contributed by atoms with Gasteiger partial charge < -0.3 is 19.7 Å². The minimum atomic E-state index is 0.566. The van der Waals surface area contributed by atoms with Crippen molar-refractivity contribution in [2.45, 2.75) is 31.6 Å². The van der Waals surface area contributed by atoms with Gasteiger partial charge in [-0.2, -0.15) is 0 Å². The monoisotopic (exact) mass is 333 g/mol. The van der Waals surface area contributed by atoms with Crippen LogP contribution in [0.15, 0.2) is 29.3 Å². The zero-order valence-electron chi connectivity index (χ0n) is 15.3. The van der Waals surface area contributed by atoms with E-state index in [0.717, 1.165) is 50.8 Å². The second-order valence-corrected chi connectivity index (χ2v) is 6.23. The number of hydrogen-bond donors (Lipinski definition) is 1. The summed E-state index contributed by atoms with van der Waals surface area (Å²) < 4.78 is 10.3. The highest BCUT2D eigenvalue weighted by Gasteiger charge is 2.25. The number of aliphatic imine (C=N–C) groups is 1. The van der Waals surface area contributed by atoms with E-state index >= 15 is 0 Å². The van der Waals surface area contributed by atoms with E-state index in [1.165, 1.54) is 18.4 Å². The first-order valence-corrected chi connectivity index (χ1v) is 8.87. The quantitative estimate of drug-likeness (QED) is 0.451. The average Bonchev–Trinajstić information content (AvgIpc) is 3.11. The van der Waals surface area contributed by atoms with Crippen molar-refractivity contribution >= 4 is 5.96 Å². The summed E-state index contributed by atoms with van der Waals surface area (Å²) in [7, 11) is 5.33. The van der Waals surface area contributed by atoms with E-state index in [4.69, 9.17) is 9.47 Å². The summed E-state index contributed by atoms with van der Waals surface area (Å²) in [5.41, 5.74) is 1.38. The van der Waals surface area contributed by atoms with Gasteiger partial charge in [-0.15, -0.1) is 0 Å². The summed E-state index contributed by atoms with van der Waals surface area (Å²) in [5.74, 6) is 2.51.